The molecular weight excluding hydrogens is 272 g/mol. The molecular formula is C14H18N4OS. The Morgan fingerprint density at radius 3 is 3.05 bits per heavy atom. The third-order valence-electron chi connectivity index (χ3n) is 2.81. The maximum atomic E-state index is 12.0. The van der Waals surface area contributed by atoms with Crippen molar-refractivity contribution in [3.63, 3.8) is 0 Å². The fraction of sp³-hybridized carbons (Fsp3) is 0.357. The smallest absolute Gasteiger partial charge is 0.259 e. The summed E-state index contributed by atoms with van der Waals surface area (Å²) in [5, 5.41) is 8.73. The third kappa shape index (κ3) is 3.85. The minimum absolute atomic E-state index is 0.187. The number of hydrogen-bond donors (Lipinski definition) is 2. The molecule has 0 saturated carbocycles. The molecule has 0 bridgehead atoms. The summed E-state index contributed by atoms with van der Waals surface area (Å²) in [6, 6.07) is 3.65. The lowest BCUT2D eigenvalue weighted by molar-refractivity contribution is 0.102. The molecule has 2 aromatic heterocycles. The number of aromatic nitrogens is 2. The average Bonchev–Trinajstić information content (AvgIpc) is 2.94. The highest BCUT2D eigenvalue weighted by Crippen LogP contribution is 2.21. The zero-order chi connectivity index (χ0) is 14.4. The largest absolute Gasteiger partial charge is 0.309 e. The second-order valence-electron chi connectivity index (χ2n) is 4.45. The summed E-state index contributed by atoms with van der Waals surface area (Å²) in [4.78, 5) is 20.3. The molecule has 1 atom stereocenters. The van der Waals surface area contributed by atoms with Crippen LogP contribution in [-0.2, 0) is 0 Å². The number of amides is 1. The second-order valence-corrected chi connectivity index (χ2v) is 5.31. The highest BCUT2D eigenvalue weighted by Gasteiger charge is 2.12. The van der Waals surface area contributed by atoms with Gasteiger partial charge in [-0.1, -0.05) is 6.92 Å². The Labute approximate surface area is 122 Å². The summed E-state index contributed by atoms with van der Waals surface area (Å²) >= 11 is 1.43. The second kappa shape index (κ2) is 7.12. The lowest BCUT2D eigenvalue weighted by Crippen LogP contribution is -2.19. The van der Waals surface area contributed by atoms with Gasteiger partial charge in [0, 0.05) is 23.8 Å². The van der Waals surface area contributed by atoms with Crippen LogP contribution in [0.3, 0.4) is 0 Å². The van der Waals surface area contributed by atoms with E-state index in [1.165, 1.54) is 17.5 Å². The monoisotopic (exact) mass is 290 g/mol. The van der Waals surface area contributed by atoms with Gasteiger partial charge in [-0.25, -0.2) is 4.98 Å². The molecule has 0 aliphatic heterocycles. The Morgan fingerprint density at radius 2 is 2.35 bits per heavy atom. The van der Waals surface area contributed by atoms with Gasteiger partial charge in [-0.3, -0.25) is 15.1 Å². The third-order valence-corrected chi connectivity index (χ3v) is 3.59. The van der Waals surface area contributed by atoms with Gasteiger partial charge in [0.1, 0.15) is 0 Å². The lowest BCUT2D eigenvalue weighted by atomic mass is 10.2. The topological polar surface area (TPSA) is 66.9 Å². The van der Waals surface area contributed by atoms with E-state index in [-0.39, 0.29) is 11.9 Å². The van der Waals surface area contributed by atoms with E-state index in [9.17, 15) is 4.79 Å². The van der Waals surface area contributed by atoms with Crippen LogP contribution in [0.25, 0.3) is 0 Å². The molecule has 1 unspecified atom stereocenters. The summed E-state index contributed by atoms with van der Waals surface area (Å²) in [6.45, 7) is 5.15. The first-order valence-corrected chi connectivity index (χ1v) is 7.49. The summed E-state index contributed by atoms with van der Waals surface area (Å²) in [5.41, 5.74) is 1.48. The van der Waals surface area contributed by atoms with Crippen molar-refractivity contribution in [1.29, 1.82) is 0 Å². The molecule has 6 heteroatoms. The molecule has 2 rings (SSSR count). The van der Waals surface area contributed by atoms with Crippen molar-refractivity contribution in [2.24, 2.45) is 0 Å². The standard InChI is InChI=1S/C14H18N4OS/c1-3-6-16-10(2)12-9-20-14(17-12)18-13(19)11-5-4-7-15-8-11/h4-5,7-10,16H,3,6H2,1-2H3,(H,17,18,19). The quantitative estimate of drug-likeness (QED) is 0.858. The van der Waals surface area contributed by atoms with E-state index in [1.54, 1.807) is 18.3 Å². The molecule has 0 radical (unpaired) electrons. The lowest BCUT2D eigenvalue weighted by Gasteiger charge is -2.09. The number of carbonyl (C=O) groups excluding carboxylic acids is 1. The van der Waals surface area contributed by atoms with Crippen LogP contribution in [0.2, 0.25) is 0 Å². The van der Waals surface area contributed by atoms with E-state index >= 15 is 0 Å². The zero-order valence-electron chi connectivity index (χ0n) is 11.6. The van der Waals surface area contributed by atoms with Crippen molar-refractivity contribution in [2.75, 3.05) is 11.9 Å². The van der Waals surface area contributed by atoms with Gasteiger partial charge in [-0.2, -0.15) is 0 Å². The highest BCUT2D eigenvalue weighted by atomic mass is 32.1. The SMILES string of the molecule is CCCNC(C)c1csc(NC(=O)c2cccnc2)n1. The van der Waals surface area contributed by atoms with Crippen LogP contribution in [0.1, 0.15) is 42.4 Å². The van der Waals surface area contributed by atoms with Gasteiger partial charge >= 0.3 is 0 Å². The summed E-state index contributed by atoms with van der Waals surface area (Å²) in [7, 11) is 0. The Kier molecular flexibility index (Phi) is 5.20. The summed E-state index contributed by atoms with van der Waals surface area (Å²) < 4.78 is 0. The van der Waals surface area contributed by atoms with E-state index in [0.717, 1.165) is 18.7 Å². The fourth-order valence-corrected chi connectivity index (χ4v) is 2.47. The summed E-state index contributed by atoms with van der Waals surface area (Å²) in [5.74, 6) is -0.187. The maximum absolute atomic E-state index is 12.0. The number of rotatable bonds is 6. The first kappa shape index (κ1) is 14.6. The van der Waals surface area contributed by atoms with Gasteiger partial charge in [-0.05, 0) is 32.0 Å². The number of anilines is 1. The van der Waals surface area contributed by atoms with Gasteiger partial charge in [0.25, 0.3) is 5.91 Å². The molecule has 0 aromatic carbocycles. The molecule has 0 spiro atoms. The van der Waals surface area contributed by atoms with E-state index < -0.39 is 0 Å². The van der Waals surface area contributed by atoms with E-state index in [2.05, 4.69) is 34.4 Å². The van der Waals surface area contributed by atoms with Crippen molar-refractivity contribution in [3.8, 4) is 0 Å². The van der Waals surface area contributed by atoms with E-state index in [4.69, 9.17) is 0 Å². The van der Waals surface area contributed by atoms with Crippen LogP contribution in [0.5, 0.6) is 0 Å². The number of carbonyl (C=O) groups is 1. The van der Waals surface area contributed by atoms with E-state index in [1.807, 2.05) is 5.38 Å². The summed E-state index contributed by atoms with van der Waals surface area (Å²) in [6.07, 6.45) is 4.26. The minimum Gasteiger partial charge on any atom is -0.309 e. The Morgan fingerprint density at radius 1 is 1.50 bits per heavy atom. The molecule has 0 fully saturated rings. The highest BCUT2D eigenvalue weighted by molar-refractivity contribution is 7.14. The molecule has 106 valence electrons. The first-order valence-electron chi connectivity index (χ1n) is 6.61. The zero-order valence-corrected chi connectivity index (χ0v) is 12.4. The Balaban J connectivity index is 1.97. The Bertz CT molecular complexity index is 555. The van der Waals surface area contributed by atoms with Gasteiger partial charge in [-0.15, -0.1) is 11.3 Å². The number of nitrogens with zero attached hydrogens (tertiary/aromatic N) is 2. The number of hydrogen-bond acceptors (Lipinski definition) is 5. The van der Waals surface area contributed by atoms with Gasteiger partial charge < -0.3 is 5.32 Å². The van der Waals surface area contributed by atoms with Gasteiger partial charge in [0.15, 0.2) is 5.13 Å². The molecule has 2 heterocycles. The molecule has 2 aromatic rings. The van der Waals surface area contributed by atoms with Crippen LogP contribution in [0.4, 0.5) is 5.13 Å². The average molecular weight is 290 g/mol. The predicted octanol–water partition coefficient (Wildman–Crippen LogP) is 2.85. The molecule has 0 aliphatic carbocycles. The van der Waals surface area contributed by atoms with Gasteiger partial charge in [0.05, 0.1) is 11.3 Å². The Hall–Kier alpha value is -1.79. The van der Waals surface area contributed by atoms with Crippen molar-refractivity contribution in [2.45, 2.75) is 26.3 Å². The van der Waals surface area contributed by atoms with Crippen molar-refractivity contribution >= 4 is 22.4 Å². The predicted molar refractivity (Wildman–Crippen MR) is 81.0 cm³/mol. The first-order chi connectivity index (χ1) is 9.70. The fourth-order valence-electron chi connectivity index (χ4n) is 1.67. The van der Waals surface area contributed by atoms with Crippen LogP contribution in [0.15, 0.2) is 29.9 Å². The minimum atomic E-state index is -0.187. The van der Waals surface area contributed by atoms with Crippen LogP contribution in [-0.4, -0.2) is 22.4 Å². The molecule has 1 amide bonds. The maximum Gasteiger partial charge on any atom is 0.259 e. The van der Waals surface area contributed by atoms with Crippen molar-refractivity contribution in [3.05, 3.63) is 41.2 Å². The number of nitrogens with one attached hydrogen (secondary N) is 2. The molecule has 5 nitrogen and oxygen atoms in total. The van der Waals surface area contributed by atoms with Crippen LogP contribution in [0, 0.1) is 0 Å². The van der Waals surface area contributed by atoms with Crippen LogP contribution < -0.4 is 10.6 Å². The molecule has 20 heavy (non-hydrogen) atoms. The van der Waals surface area contributed by atoms with Crippen LogP contribution >= 0.6 is 11.3 Å². The molecule has 2 N–H and O–H groups in total. The van der Waals surface area contributed by atoms with Gasteiger partial charge in [0.2, 0.25) is 0 Å². The number of thiazole rings is 1. The molecule has 0 saturated heterocycles. The normalized spacial score (nSPS) is 12.1. The van der Waals surface area contributed by atoms with Crippen molar-refractivity contribution in [1.82, 2.24) is 15.3 Å². The van der Waals surface area contributed by atoms with E-state index in [0.29, 0.717) is 10.7 Å². The number of pyridine rings is 1. The van der Waals surface area contributed by atoms with Crippen molar-refractivity contribution < 1.29 is 4.79 Å². The molecule has 0 aliphatic rings.